The van der Waals surface area contributed by atoms with Crippen molar-refractivity contribution in [2.75, 3.05) is 12.0 Å². The largest absolute Gasteiger partial charge is 0.497 e. The minimum absolute atomic E-state index is 0.0529. The fourth-order valence-corrected chi connectivity index (χ4v) is 4.06. The van der Waals surface area contributed by atoms with Gasteiger partial charge in [-0.15, -0.1) is 0 Å². The summed E-state index contributed by atoms with van der Waals surface area (Å²) < 4.78 is 5.29. The van der Waals surface area contributed by atoms with Crippen LogP contribution in [0.4, 0.5) is 11.4 Å². The molecule has 2 atom stereocenters. The van der Waals surface area contributed by atoms with Crippen LogP contribution < -0.4 is 15.0 Å². The molecule has 2 amide bonds. The number of carbonyl (C=O) groups excluding carboxylic acids is 2. The summed E-state index contributed by atoms with van der Waals surface area (Å²) in [5.41, 5.74) is 0.240. The molecule has 0 saturated heterocycles. The zero-order valence-electron chi connectivity index (χ0n) is 18.7. The van der Waals surface area contributed by atoms with E-state index < -0.39 is 22.3 Å². The Morgan fingerprint density at radius 2 is 1.76 bits per heavy atom. The van der Waals surface area contributed by atoms with Crippen molar-refractivity contribution in [2.24, 2.45) is 0 Å². The number of nitrogens with zero attached hydrogens (tertiary/aromatic N) is 2. The van der Waals surface area contributed by atoms with Crippen LogP contribution in [0.15, 0.2) is 91.1 Å². The maximum absolute atomic E-state index is 13.9. The quantitative estimate of drug-likeness (QED) is 0.436. The maximum Gasteiger partial charge on any atom is 0.269 e. The Balaban J connectivity index is 1.77. The first-order valence-electron chi connectivity index (χ1n) is 10.6. The molecule has 1 heterocycles. The lowest BCUT2D eigenvalue weighted by Gasteiger charge is -2.42. The van der Waals surface area contributed by atoms with Crippen LogP contribution >= 0.6 is 0 Å². The van der Waals surface area contributed by atoms with Gasteiger partial charge in [-0.2, -0.15) is 0 Å². The van der Waals surface area contributed by atoms with Gasteiger partial charge in [0.1, 0.15) is 11.3 Å². The standard InChI is InChI=1S/C26H23N3O5/c1-26(27-24(30)19-7-4-3-5-8-19)23(18-11-13-20(14-12-18)29(32)33)15-16-28(25(26)31)21-9-6-10-22(17-21)34-2/h3-17,23H,1-2H3,(H,27,30)/t23-,26-/m0/s1. The molecule has 0 radical (unpaired) electrons. The molecule has 0 fully saturated rings. The lowest BCUT2D eigenvalue weighted by Crippen LogP contribution is -2.61. The molecule has 0 aromatic heterocycles. The van der Waals surface area contributed by atoms with Crippen LogP contribution in [0.3, 0.4) is 0 Å². The van der Waals surface area contributed by atoms with E-state index in [1.807, 2.05) is 6.08 Å². The molecule has 172 valence electrons. The van der Waals surface area contributed by atoms with Gasteiger partial charge < -0.3 is 10.1 Å². The number of benzene rings is 3. The molecule has 3 aromatic rings. The molecule has 1 N–H and O–H groups in total. The minimum atomic E-state index is -1.37. The number of carbonyl (C=O) groups is 2. The molecule has 0 saturated carbocycles. The number of methoxy groups -OCH3 is 1. The number of anilines is 1. The first-order valence-corrected chi connectivity index (χ1v) is 10.6. The number of non-ortho nitro benzene ring substituents is 1. The van der Waals surface area contributed by atoms with Gasteiger partial charge in [-0.05, 0) is 36.8 Å². The highest BCUT2D eigenvalue weighted by Gasteiger charge is 2.47. The second kappa shape index (κ2) is 9.19. The van der Waals surface area contributed by atoms with Gasteiger partial charge in [0.25, 0.3) is 17.5 Å². The summed E-state index contributed by atoms with van der Waals surface area (Å²) in [6.45, 7) is 1.67. The monoisotopic (exact) mass is 457 g/mol. The molecule has 1 aliphatic rings. The van der Waals surface area contributed by atoms with Crippen LogP contribution in [-0.2, 0) is 4.79 Å². The Morgan fingerprint density at radius 1 is 1.06 bits per heavy atom. The van der Waals surface area contributed by atoms with Crippen molar-refractivity contribution in [3.8, 4) is 5.75 Å². The highest BCUT2D eigenvalue weighted by Crippen LogP contribution is 2.38. The topological polar surface area (TPSA) is 102 Å². The normalized spacial score (nSPS) is 19.5. The third-order valence-electron chi connectivity index (χ3n) is 5.92. The van der Waals surface area contributed by atoms with E-state index in [1.165, 1.54) is 17.0 Å². The molecule has 34 heavy (non-hydrogen) atoms. The van der Waals surface area contributed by atoms with Crippen LogP contribution in [0.2, 0.25) is 0 Å². The third kappa shape index (κ3) is 4.25. The van der Waals surface area contributed by atoms with Crippen molar-refractivity contribution >= 4 is 23.2 Å². The van der Waals surface area contributed by atoms with Crippen LogP contribution in [0, 0.1) is 10.1 Å². The molecule has 0 unspecified atom stereocenters. The molecule has 3 aromatic carbocycles. The summed E-state index contributed by atoms with van der Waals surface area (Å²) in [7, 11) is 1.54. The van der Waals surface area contributed by atoms with Crippen LogP contribution in [0.1, 0.15) is 28.8 Å². The summed E-state index contributed by atoms with van der Waals surface area (Å²) >= 11 is 0. The molecule has 0 spiro atoms. The highest BCUT2D eigenvalue weighted by atomic mass is 16.6. The van der Waals surface area contributed by atoms with Crippen molar-refractivity contribution < 1.29 is 19.2 Å². The lowest BCUT2D eigenvalue weighted by atomic mass is 9.77. The van der Waals surface area contributed by atoms with Gasteiger partial charge in [-0.3, -0.25) is 24.6 Å². The zero-order chi connectivity index (χ0) is 24.3. The fraction of sp³-hybridized carbons (Fsp3) is 0.154. The van der Waals surface area contributed by atoms with Crippen LogP contribution in [-0.4, -0.2) is 29.4 Å². The van der Waals surface area contributed by atoms with Gasteiger partial charge in [0, 0.05) is 35.9 Å². The molecule has 0 bridgehead atoms. The average molecular weight is 457 g/mol. The Labute approximate surface area is 196 Å². The smallest absolute Gasteiger partial charge is 0.269 e. The van der Waals surface area contributed by atoms with Gasteiger partial charge >= 0.3 is 0 Å². The average Bonchev–Trinajstić information content (AvgIpc) is 2.86. The second-order valence-corrected chi connectivity index (χ2v) is 8.07. The van der Waals surface area contributed by atoms with Crippen LogP contribution in [0.5, 0.6) is 5.75 Å². The number of amides is 2. The van der Waals surface area contributed by atoms with Gasteiger partial charge in [0.2, 0.25) is 0 Å². The summed E-state index contributed by atoms with van der Waals surface area (Å²) in [4.78, 5) is 39.1. The number of nitro groups is 1. The first-order chi connectivity index (χ1) is 16.3. The summed E-state index contributed by atoms with van der Waals surface area (Å²) in [5, 5.41) is 14.0. The molecule has 8 nitrogen and oxygen atoms in total. The molecule has 4 rings (SSSR count). The third-order valence-corrected chi connectivity index (χ3v) is 5.92. The molecular formula is C26H23N3O5. The molecule has 1 aliphatic heterocycles. The summed E-state index contributed by atoms with van der Waals surface area (Å²) in [5.74, 6) is -0.721. The van der Waals surface area contributed by atoms with Gasteiger partial charge in [-0.25, -0.2) is 0 Å². The Bertz CT molecular complexity index is 1260. The number of nitrogens with one attached hydrogen (secondary N) is 1. The number of ether oxygens (including phenoxy) is 1. The SMILES string of the molecule is COc1cccc(N2C=C[C@@H](c3ccc([N+](=O)[O-])cc3)[C@](C)(NC(=O)c3ccccc3)C2=O)c1. The Kier molecular flexibility index (Phi) is 6.14. The zero-order valence-corrected chi connectivity index (χ0v) is 18.7. The van der Waals surface area contributed by atoms with E-state index in [0.717, 1.165) is 0 Å². The van der Waals surface area contributed by atoms with E-state index in [0.29, 0.717) is 22.6 Å². The maximum atomic E-state index is 13.9. The van der Waals surface area contributed by atoms with E-state index in [2.05, 4.69) is 5.32 Å². The minimum Gasteiger partial charge on any atom is -0.497 e. The summed E-state index contributed by atoms with van der Waals surface area (Å²) in [6, 6.07) is 21.7. The van der Waals surface area contributed by atoms with Crippen molar-refractivity contribution in [3.63, 3.8) is 0 Å². The molecule has 0 aliphatic carbocycles. The van der Waals surface area contributed by atoms with Crippen molar-refractivity contribution in [3.05, 3.63) is 112 Å². The first kappa shape index (κ1) is 22.7. The molecule has 8 heteroatoms. The second-order valence-electron chi connectivity index (χ2n) is 8.07. The van der Waals surface area contributed by atoms with E-state index in [9.17, 15) is 19.7 Å². The van der Waals surface area contributed by atoms with E-state index >= 15 is 0 Å². The summed E-state index contributed by atoms with van der Waals surface area (Å²) in [6.07, 6.45) is 3.47. The van der Waals surface area contributed by atoms with E-state index in [1.54, 1.807) is 87.0 Å². The van der Waals surface area contributed by atoms with Crippen molar-refractivity contribution in [2.45, 2.75) is 18.4 Å². The predicted octanol–water partition coefficient (Wildman–Crippen LogP) is 4.44. The number of nitro benzene ring substituents is 1. The molecular weight excluding hydrogens is 434 g/mol. The Morgan fingerprint density at radius 3 is 2.41 bits per heavy atom. The van der Waals surface area contributed by atoms with Crippen molar-refractivity contribution in [1.29, 1.82) is 0 Å². The Hall–Kier alpha value is -4.46. The number of hydrogen-bond donors (Lipinski definition) is 1. The predicted molar refractivity (Wildman–Crippen MR) is 128 cm³/mol. The van der Waals surface area contributed by atoms with Gasteiger partial charge in [0.15, 0.2) is 0 Å². The lowest BCUT2D eigenvalue weighted by molar-refractivity contribution is -0.384. The fourth-order valence-electron chi connectivity index (χ4n) is 4.06. The number of hydrogen-bond acceptors (Lipinski definition) is 5. The van der Waals surface area contributed by atoms with Gasteiger partial charge in [0.05, 0.1) is 17.7 Å². The highest BCUT2D eigenvalue weighted by molar-refractivity contribution is 6.07. The number of rotatable bonds is 6. The van der Waals surface area contributed by atoms with Gasteiger partial charge in [-0.1, -0.05) is 42.5 Å². The van der Waals surface area contributed by atoms with E-state index in [-0.39, 0.29) is 11.6 Å². The van der Waals surface area contributed by atoms with Crippen molar-refractivity contribution in [1.82, 2.24) is 5.32 Å². The van der Waals surface area contributed by atoms with E-state index in [4.69, 9.17) is 4.74 Å². The van der Waals surface area contributed by atoms with Crippen LogP contribution in [0.25, 0.3) is 0 Å².